The molecule has 1 amide bonds. The maximum atomic E-state index is 12.8. The SMILES string of the molecule is COc1ccccc1C1(O)CCN(C(=O)c2cc3cncnc3[nH]2)CC1. The van der Waals surface area contributed by atoms with Crippen molar-refractivity contribution in [3.8, 4) is 5.75 Å². The van der Waals surface area contributed by atoms with E-state index in [1.807, 2.05) is 24.3 Å². The highest BCUT2D eigenvalue weighted by Crippen LogP contribution is 2.38. The van der Waals surface area contributed by atoms with Crippen LogP contribution in [0.3, 0.4) is 0 Å². The minimum absolute atomic E-state index is 0.0925. The van der Waals surface area contributed by atoms with Gasteiger partial charge < -0.3 is 19.7 Å². The second-order valence-corrected chi connectivity index (χ2v) is 6.53. The Labute approximate surface area is 150 Å². The smallest absolute Gasteiger partial charge is 0.270 e. The van der Waals surface area contributed by atoms with E-state index in [2.05, 4.69) is 15.0 Å². The number of likely N-dealkylation sites (tertiary alicyclic amines) is 1. The van der Waals surface area contributed by atoms with E-state index in [-0.39, 0.29) is 5.91 Å². The summed E-state index contributed by atoms with van der Waals surface area (Å²) in [6.07, 6.45) is 4.03. The molecule has 0 atom stereocenters. The molecule has 1 aliphatic heterocycles. The lowest BCUT2D eigenvalue weighted by Gasteiger charge is -2.38. The third kappa shape index (κ3) is 2.80. The van der Waals surface area contributed by atoms with Crippen LogP contribution in [0, 0.1) is 0 Å². The minimum Gasteiger partial charge on any atom is -0.496 e. The summed E-state index contributed by atoms with van der Waals surface area (Å²) in [4.78, 5) is 25.7. The summed E-state index contributed by atoms with van der Waals surface area (Å²) >= 11 is 0. The van der Waals surface area contributed by atoms with E-state index in [0.29, 0.717) is 43.0 Å². The van der Waals surface area contributed by atoms with Gasteiger partial charge in [-0.25, -0.2) is 9.97 Å². The highest BCUT2D eigenvalue weighted by Gasteiger charge is 2.37. The van der Waals surface area contributed by atoms with E-state index < -0.39 is 5.60 Å². The van der Waals surface area contributed by atoms with Crippen molar-refractivity contribution in [2.75, 3.05) is 20.2 Å². The van der Waals surface area contributed by atoms with Crippen LogP contribution in [0.25, 0.3) is 11.0 Å². The van der Waals surface area contributed by atoms with E-state index in [1.54, 1.807) is 24.3 Å². The molecule has 0 radical (unpaired) electrons. The second-order valence-electron chi connectivity index (χ2n) is 6.53. The number of methoxy groups -OCH3 is 1. The monoisotopic (exact) mass is 352 g/mol. The summed E-state index contributed by atoms with van der Waals surface area (Å²) in [5.74, 6) is 0.578. The molecule has 0 unspecified atom stereocenters. The normalized spacial score (nSPS) is 16.6. The molecule has 26 heavy (non-hydrogen) atoms. The van der Waals surface area contributed by atoms with E-state index in [0.717, 1.165) is 10.9 Å². The first-order chi connectivity index (χ1) is 12.6. The number of nitrogens with zero attached hydrogens (tertiary/aromatic N) is 3. The van der Waals surface area contributed by atoms with Gasteiger partial charge in [0, 0.05) is 30.2 Å². The molecular formula is C19H20N4O3. The number of rotatable bonds is 3. The fraction of sp³-hybridized carbons (Fsp3) is 0.316. The first-order valence-electron chi connectivity index (χ1n) is 8.54. The molecule has 134 valence electrons. The van der Waals surface area contributed by atoms with Gasteiger partial charge in [0.1, 0.15) is 23.4 Å². The fourth-order valence-corrected chi connectivity index (χ4v) is 3.53. The van der Waals surface area contributed by atoms with Crippen LogP contribution in [0.15, 0.2) is 42.9 Å². The Bertz CT molecular complexity index is 912. The molecule has 4 rings (SSSR count). The molecule has 0 bridgehead atoms. The van der Waals surface area contributed by atoms with Gasteiger partial charge in [0.15, 0.2) is 0 Å². The van der Waals surface area contributed by atoms with E-state index in [4.69, 9.17) is 4.74 Å². The maximum absolute atomic E-state index is 12.8. The van der Waals surface area contributed by atoms with Crippen LogP contribution < -0.4 is 4.74 Å². The van der Waals surface area contributed by atoms with Crippen molar-refractivity contribution in [2.24, 2.45) is 0 Å². The number of aromatic nitrogens is 3. The van der Waals surface area contributed by atoms with Crippen LogP contribution in [0.5, 0.6) is 5.75 Å². The lowest BCUT2D eigenvalue weighted by molar-refractivity contribution is -0.0227. The Morgan fingerprint density at radius 2 is 2.08 bits per heavy atom. The Hall–Kier alpha value is -2.93. The van der Waals surface area contributed by atoms with Crippen LogP contribution in [-0.4, -0.2) is 51.1 Å². The van der Waals surface area contributed by atoms with Gasteiger partial charge in [0.25, 0.3) is 5.91 Å². The lowest BCUT2D eigenvalue weighted by atomic mass is 9.84. The second kappa shape index (κ2) is 6.42. The molecule has 3 heterocycles. The molecule has 0 spiro atoms. The van der Waals surface area contributed by atoms with Gasteiger partial charge in [-0.05, 0) is 25.0 Å². The van der Waals surface area contributed by atoms with Gasteiger partial charge in [-0.2, -0.15) is 0 Å². The van der Waals surface area contributed by atoms with Crippen molar-refractivity contribution >= 4 is 16.9 Å². The number of carbonyl (C=O) groups is 1. The zero-order chi connectivity index (χ0) is 18.1. The average molecular weight is 352 g/mol. The number of hydrogen-bond donors (Lipinski definition) is 2. The predicted molar refractivity (Wildman–Crippen MR) is 95.9 cm³/mol. The van der Waals surface area contributed by atoms with E-state index in [9.17, 15) is 9.90 Å². The number of carbonyl (C=O) groups excluding carboxylic acids is 1. The maximum Gasteiger partial charge on any atom is 0.270 e. The van der Waals surface area contributed by atoms with Crippen molar-refractivity contribution in [1.29, 1.82) is 0 Å². The number of ether oxygens (including phenoxy) is 1. The lowest BCUT2D eigenvalue weighted by Crippen LogP contribution is -2.45. The largest absolute Gasteiger partial charge is 0.496 e. The van der Waals surface area contributed by atoms with E-state index >= 15 is 0 Å². The molecule has 3 aromatic rings. The minimum atomic E-state index is -0.991. The van der Waals surface area contributed by atoms with Gasteiger partial charge in [0.2, 0.25) is 0 Å². The number of amides is 1. The van der Waals surface area contributed by atoms with E-state index in [1.165, 1.54) is 6.33 Å². The number of aromatic amines is 1. The molecule has 2 aromatic heterocycles. The molecule has 0 saturated carbocycles. The van der Waals surface area contributed by atoms with Crippen molar-refractivity contribution in [1.82, 2.24) is 19.9 Å². The Balaban J connectivity index is 1.51. The molecule has 2 N–H and O–H groups in total. The number of hydrogen-bond acceptors (Lipinski definition) is 5. The fourth-order valence-electron chi connectivity index (χ4n) is 3.53. The highest BCUT2D eigenvalue weighted by molar-refractivity contribution is 5.97. The van der Waals surface area contributed by atoms with Crippen LogP contribution in [0.4, 0.5) is 0 Å². The van der Waals surface area contributed by atoms with Gasteiger partial charge in [-0.3, -0.25) is 4.79 Å². The summed E-state index contributed by atoms with van der Waals surface area (Å²) in [5.41, 5.74) is 0.916. The molecule has 1 aliphatic rings. The molecule has 1 fully saturated rings. The zero-order valence-electron chi connectivity index (χ0n) is 14.5. The van der Waals surface area contributed by atoms with Crippen LogP contribution in [-0.2, 0) is 5.60 Å². The third-order valence-electron chi connectivity index (χ3n) is 5.01. The predicted octanol–water partition coefficient (Wildman–Crippen LogP) is 2.09. The standard InChI is InChI=1S/C19H20N4O3/c1-26-16-5-3-2-4-14(16)19(25)6-8-23(9-7-19)18(24)15-10-13-11-20-12-21-17(13)22-15/h2-5,10-12,25H,6-9H2,1H3,(H,20,21,22). The Morgan fingerprint density at radius 1 is 1.31 bits per heavy atom. The number of H-pyrrole nitrogens is 1. The van der Waals surface area contributed by atoms with Crippen LogP contribution >= 0.6 is 0 Å². The van der Waals surface area contributed by atoms with Crippen molar-refractivity contribution in [2.45, 2.75) is 18.4 Å². The summed E-state index contributed by atoms with van der Waals surface area (Å²) < 4.78 is 5.38. The van der Waals surface area contributed by atoms with Gasteiger partial charge >= 0.3 is 0 Å². The zero-order valence-corrected chi connectivity index (χ0v) is 14.5. The van der Waals surface area contributed by atoms with Crippen molar-refractivity contribution < 1.29 is 14.6 Å². The van der Waals surface area contributed by atoms with Gasteiger partial charge in [-0.1, -0.05) is 18.2 Å². The molecule has 1 saturated heterocycles. The van der Waals surface area contributed by atoms with Crippen molar-refractivity contribution in [3.05, 3.63) is 54.1 Å². The topological polar surface area (TPSA) is 91.3 Å². The molecule has 0 aliphatic carbocycles. The summed E-state index contributed by atoms with van der Waals surface area (Å²) in [6, 6.07) is 9.25. The first-order valence-corrected chi connectivity index (χ1v) is 8.54. The van der Waals surface area contributed by atoms with Gasteiger partial charge in [0.05, 0.1) is 12.7 Å². The van der Waals surface area contributed by atoms with Gasteiger partial charge in [-0.15, -0.1) is 0 Å². The number of aliphatic hydroxyl groups is 1. The molecular weight excluding hydrogens is 332 g/mol. The third-order valence-corrected chi connectivity index (χ3v) is 5.01. The first kappa shape index (κ1) is 16.5. The highest BCUT2D eigenvalue weighted by atomic mass is 16.5. The van der Waals surface area contributed by atoms with Crippen molar-refractivity contribution in [3.63, 3.8) is 0 Å². The average Bonchev–Trinajstić information content (AvgIpc) is 3.12. The number of para-hydroxylation sites is 1. The number of nitrogens with one attached hydrogen (secondary N) is 1. The van der Waals surface area contributed by atoms with Crippen LogP contribution in [0.1, 0.15) is 28.9 Å². The number of benzene rings is 1. The summed E-state index contributed by atoms with van der Waals surface area (Å²) in [7, 11) is 1.60. The van der Waals surface area contributed by atoms with Crippen LogP contribution in [0.2, 0.25) is 0 Å². The Kier molecular flexibility index (Phi) is 4.08. The number of piperidine rings is 1. The summed E-state index contributed by atoms with van der Waals surface area (Å²) in [6.45, 7) is 0.933. The molecule has 7 nitrogen and oxygen atoms in total. The summed E-state index contributed by atoms with van der Waals surface area (Å²) in [5, 5.41) is 11.9. The number of fused-ring (bicyclic) bond motifs is 1. The molecule has 1 aromatic carbocycles. The quantitative estimate of drug-likeness (QED) is 0.753. The molecule has 7 heteroatoms. The Morgan fingerprint density at radius 3 is 2.81 bits per heavy atom.